The average Bonchev–Trinajstić information content (AvgIpc) is 2.65. The Labute approximate surface area is 166 Å². The summed E-state index contributed by atoms with van der Waals surface area (Å²) in [5.74, 6) is 0.170. The molecule has 150 valence electrons. The fourth-order valence-electron chi connectivity index (χ4n) is 2.24. The van der Waals surface area contributed by atoms with Crippen molar-refractivity contribution in [3.05, 3.63) is 29.3 Å². The van der Waals surface area contributed by atoms with Crippen molar-refractivity contribution < 1.29 is 19.1 Å². The van der Waals surface area contributed by atoms with Crippen LogP contribution in [0.3, 0.4) is 0 Å². The lowest BCUT2D eigenvalue weighted by Crippen LogP contribution is -2.50. The molecule has 0 saturated carbocycles. The average molecular weight is 396 g/mol. The van der Waals surface area contributed by atoms with Crippen LogP contribution in [0, 0.1) is 13.8 Å². The number of carbonyl (C=O) groups excluding carboxylic acids is 2. The lowest BCUT2D eigenvalue weighted by Gasteiger charge is -2.18. The zero-order valence-corrected chi connectivity index (χ0v) is 17.2. The maximum atomic E-state index is 12.1. The molecule has 7 nitrogen and oxygen atoms in total. The molecule has 0 bridgehead atoms. The highest BCUT2D eigenvalue weighted by Gasteiger charge is 2.16. The van der Waals surface area contributed by atoms with E-state index in [-0.39, 0.29) is 11.9 Å². The summed E-state index contributed by atoms with van der Waals surface area (Å²) in [5.41, 5.74) is 7.31. The summed E-state index contributed by atoms with van der Waals surface area (Å²) < 4.78 is 10.3. The highest BCUT2D eigenvalue weighted by molar-refractivity contribution is 7.80. The summed E-state index contributed by atoms with van der Waals surface area (Å²) in [4.78, 5) is 23.1. The molecule has 0 unspecified atom stereocenters. The summed E-state index contributed by atoms with van der Waals surface area (Å²) in [7, 11) is 1.39. The van der Waals surface area contributed by atoms with Crippen LogP contribution in [-0.2, 0) is 14.3 Å². The summed E-state index contributed by atoms with van der Waals surface area (Å²) in [6.45, 7) is 6.28. The maximum Gasteiger partial charge on any atom is 0.305 e. The monoisotopic (exact) mass is 395 g/mol. The van der Waals surface area contributed by atoms with Gasteiger partial charge in [-0.2, -0.15) is 0 Å². The van der Waals surface area contributed by atoms with Gasteiger partial charge in [0.2, 0.25) is 0 Å². The van der Waals surface area contributed by atoms with Crippen molar-refractivity contribution in [2.24, 2.45) is 0 Å². The van der Waals surface area contributed by atoms with Crippen molar-refractivity contribution in [1.82, 2.24) is 16.2 Å². The predicted octanol–water partition coefficient (Wildman–Crippen LogP) is 2.30. The first kappa shape index (κ1) is 22.7. The summed E-state index contributed by atoms with van der Waals surface area (Å²) >= 11 is 5.11. The molecule has 0 aliphatic carbocycles. The highest BCUT2D eigenvalue weighted by Crippen LogP contribution is 2.21. The van der Waals surface area contributed by atoms with Gasteiger partial charge in [-0.3, -0.25) is 20.4 Å². The minimum Gasteiger partial charge on any atom is -0.481 e. The number of amides is 1. The molecule has 0 aliphatic rings. The first-order valence-corrected chi connectivity index (χ1v) is 9.39. The van der Waals surface area contributed by atoms with E-state index < -0.39 is 6.10 Å². The van der Waals surface area contributed by atoms with Crippen LogP contribution in [0.4, 0.5) is 0 Å². The molecule has 1 aromatic rings. The van der Waals surface area contributed by atoms with Gasteiger partial charge >= 0.3 is 5.97 Å². The number of nitrogens with one attached hydrogen (secondary N) is 3. The number of rotatable bonds is 9. The van der Waals surface area contributed by atoms with Gasteiger partial charge < -0.3 is 14.8 Å². The molecule has 0 aliphatic heterocycles. The van der Waals surface area contributed by atoms with Gasteiger partial charge in [0.05, 0.1) is 7.11 Å². The molecule has 0 heterocycles. The lowest BCUT2D eigenvalue weighted by atomic mass is 10.1. The standard InChI is InChI=1S/C19H29N3O4S/c1-13-9-8-10-16(14(13)2)26-15(3)18(24)21-22-19(27)20-12-7-5-6-11-17(23)25-4/h8-10,15H,5-7,11-12H2,1-4H3,(H,21,24)(H2,20,22,27)/t15-/m1/s1. The van der Waals surface area contributed by atoms with Crippen LogP contribution in [0.15, 0.2) is 18.2 Å². The number of ether oxygens (including phenoxy) is 2. The Morgan fingerprint density at radius 1 is 1.15 bits per heavy atom. The number of methoxy groups -OCH3 is 1. The third-order valence-corrected chi connectivity index (χ3v) is 4.34. The SMILES string of the molecule is COC(=O)CCCCCNC(=S)NNC(=O)[C@@H](C)Oc1cccc(C)c1C. The molecule has 1 rings (SSSR count). The predicted molar refractivity (Wildman–Crippen MR) is 108 cm³/mol. The van der Waals surface area contributed by atoms with E-state index in [1.807, 2.05) is 32.0 Å². The van der Waals surface area contributed by atoms with Crippen LogP contribution in [0.2, 0.25) is 0 Å². The molecular formula is C19H29N3O4S. The Bertz CT molecular complexity index is 652. The van der Waals surface area contributed by atoms with Gasteiger partial charge in [0.15, 0.2) is 11.2 Å². The highest BCUT2D eigenvalue weighted by atomic mass is 32.1. The van der Waals surface area contributed by atoms with Crippen LogP contribution >= 0.6 is 12.2 Å². The quantitative estimate of drug-likeness (QED) is 0.256. The first-order chi connectivity index (χ1) is 12.8. The van der Waals surface area contributed by atoms with Gasteiger partial charge in [-0.05, 0) is 63.0 Å². The van der Waals surface area contributed by atoms with Gasteiger partial charge in [0, 0.05) is 13.0 Å². The smallest absolute Gasteiger partial charge is 0.305 e. The number of benzene rings is 1. The van der Waals surface area contributed by atoms with Crippen LogP contribution in [-0.4, -0.2) is 36.7 Å². The largest absolute Gasteiger partial charge is 0.481 e. The molecule has 0 spiro atoms. The van der Waals surface area contributed by atoms with Crippen molar-refractivity contribution >= 4 is 29.2 Å². The van der Waals surface area contributed by atoms with E-state index in [0.717, 1.165) is 30.4 Å². The summed E-state index contributed by atoms with van der Waals surface area (Å²) in [5, 5.41) is 3.32. The molecule has 0 radical (unpaired) electrons. The van der Waals surface area contributed by atoms with E-state index in [1.54, 1.807) is 6.92 Å². The van der Waals surface area contributed by atoms with E-state index in [1.165, 1.54) is 7.11 Å². The third kappa shape index (κ3) is 8.72. The van der Waals surface area contributed by atoms with Gasteiger partial charge in [-0.1, -0.05) is 18.6 Å². The lowest BCUT2D eigenvalue weighted by molar-refractivity contribution is -0.140. The van der Waals surface area contributed by atoms with E-state index >= 15 is 0 Å². The second-order valence-electron chi connectivity index (χ2n) is 6.22. The number of hydrogen-bond donors (Lipinski definition) is 3. The van der Waals surface area contributed by atoms with E-state index in [2.05, 4.69) is 20.9 Å². The molecule has 0 aromatic heterocycles. The number of hydrogen-bond acceptors (Lipinski definition) is 5. The zero-order chi connectivity index (χ0) is 20.2. The van der Waals surface area contributed by atoms with Crippen molar-refractivity contribution in [2.75, 3.05) is 13.7 Å². The molecular weight excluding hydrogens is 366 g/mol. The molecule has 0 saturated heterocycles. The zero-order valence-electron chi connectivity index (χ0n) is 16.4. The molecule has 1 amide bonds. The molecule has 1 atom stereocenters. The second kappa shape index (κ2) is 12.1. The second-order valence-corrected chi connectivity index (χ2v) is 6.62. The minimum absolute atomic E-state index is 0.194. The van der Waals surface area contributed by atoms with Gasteiger partial charge in [0.1, 0.15) is 5.75 Å². The molecule has 3 N–H and O–H groups in total. The Morgan fingerprint density at radius 2 is 1.89 bits per heavy atom. The van der Waals surface area contributed by atoms with Crippen LogP contribution < -0.4 is 20.9 Å². The number of esters is 1. The van der Waals surface area contributed by atoms with Crippen LogP contribution in [0.1, 0.15) is 43.7 Å². The van der Waals surface area contributed by atoms with Crippen molar-refractivity contribution in [1.29, 1.82) is 0 Å². The Balaban J connectivity index is 2.22. The van der Waals surface area contributed by atoms with Crippen molar-refractivity contribution in [2.45, 2.75) is 52.6 Å². The number of unbranched alkanes of at least 4 members (excludes halogenated alkanes) is 2. The van der Waals surface area contributed by atoms with Gasteiger partial charge in [-0.15, -0.1) is 0 Å². The maximum absolute atomic E-state index is 12.1. The number of carbonyl (C=O) groups is 2. The van der Waals surface area contributed by atoms with Crippen molar-refractivity contribution in [3.63, 3.8) is 0 Å². The Hall–Kier alpha value is -2.35. The number of hydrazine groups is 1. The fourth-order valence-corrected chi connectivity index (χ4v) is 2.39. The Morgan fingerprint density at radius 3 is 2.59 bits per heavy atom. The third-order valence-electron chi connectivity index (χ3n) is 4.10. The van der Waals surface area contributed by atoms with E-state index in [9.17, 15) is 9.59 Å². The number of aryl methyl sites for hydroxylation is 1. The fraction of sp³-hybridized carbons (Fsp3) is 0.526. The summed E-state index contributed by atoms with van der Waals surface area (Å²) in [6, 6.07) is 5.73. The van der Waals surface area contributed by atoms with Gasteiger partial charge in [0.25, 0.3) is 5.91 Å². The molecule has 8 heteroatoms. The van der Waals surface area contributed by atoms with E-state index in [0.29, 0.717) is 23.8 Å². The van der Waals surface area contributed by atoms with Crippen LogP contribution in [0.25, 0.3) is 0 Å². The minimum atomic E-state index is -0.667. The number of thiocarbonyl (C=S) groups is 1. The van der Waals surface area contributed by atoms with Gasteiger partial charge in [-0.25, -0.2) is 0 Å². The van der Waals surface area contributed by atoms with Crippen LogP contribution in [0.5, 0.6) is 5.75 Å². The van der Waals surface area contributed by atoms with E-state index in [4.69, 9.17) is 17.0 Å². The molecule has 0 fully saturated rings. The summed E-state index contributed by atoms with van der Waals surface area (Å²) in [6.07, 6.45) is 2.28. The molecule has 27 heavy (non-hydrogen) atoms. The topological polar surface area (TPSA) is 88.7 Å². The Kier molecular flexibility index (Phi) is 10.2. The normalized spacial score (nSPS) is 11.3. The first-order valence-electron chi connectivity index (χ1n) is 8.98. The van der Waals surface area contributed by atoms with Crippen molar-refractivity contribution in [3.8, 4) is 5.75 Å². The molecule has 1 aromatic carbocycles.